The predicted molar refractivity (Wildman–Crippen MR) is 94.5 cm³/mol. The summed E-state index contributed by atoms with van der Waals surface area (Å²) in [6.45, 7) is 3.61. The van der Waals surface area contributed by atoms with Crippen molar-refractivity contribution in [1.82, 2.24) is 0 Å². The second-order valence-electron chi connectivity index (χ2n) is 5.84. The average Bonchev–Trinajstić information content (AvgIpc) is 3.05. The molecule has 1 aliphatic rings. The average molecular weight is 377 g/mol. The molecule has 0 amide bonds. The summed E-state index contributed by atoms with van der Waals surface area (Å²) in [5.74, 6) is 1.78. The summed E-state index contributed by atoms with van der Waals surface area (Å²) in [6, 6.07) is 12.5. The Hall–Kier alpha value is -1.52. The van der Waals surface area contributed by atoms with Gasteiger partial charge in [0, 0.05) is 6.42 Å². The van der Waals surface area contributed by atoms with Gasteiger partial charge in [-0.2, -0.15) is 0 Å². The molecule has 3 rings (SSSR count). The first-order chi connectivity index (χ1) is 11.2. The van der Waals surface area contributed by atoms with E-state index in [9.17, 15) is 0 Å². The van der Waals surface area contributed by atoms with Gasteiger partial charge in [0.1, 0.15) is 17.6 Å². The van der Waals surface area contributed by atoms with E-state index in [-0.39, 0.29) is 6.10 Å². The maximum atomic E-state index is 5.90. The van der Waals surface area contributed by atoms with Crippen molar-refractivity contribution < 1.29 is 14.2 Å². The van der Waals surface area contributed by atoms with E-state index in [0.29, 0.717) is 6.61 Å². The van der Waals surface area contributed by atoms with Gasteiger partial charge in [0.2, 0.25) is 0 Å². The molecule has 1 fully saturated rings. The monoisotopic (exact) mass is 376 g/mol. The van der Waals surface area contributed by atoms with E-state index in [1.165, 1.54) is 16.7 Å². The van der Waals surface area contributed by atoms with Crippen molar-refractivity contribution in [1.29, 1.82) is 0 Å². The molecule has 0 N–H and O–H groups in total. The predicted octanol–water partition coefficient (Wildman–Crippen LogP) is 4.52. The standard InChI is InChI=1S/C19H21BrO3/c1-13-9-19(21-2)18(20)11-15(13)10-14-3-5-16(6-4-14)23-17-7-8-22-12-17/h3-6,9,11,17H,7-8,10,12H2,1-2H3/t17-/m0/s1. The molecule has 0 aliphatic carbocycles. The Balaban J connectivity index is 1.69. The van der Waals surface area contributed by atoms with Gasteiger partial charge in [-0.25, -0.2) is 0 Å². The zero-order valence-electron chi connectivity index (χ0n) is 13.5. The molecule has 0 saturated carbocycles. The highest BCUT2D eigenvalue weighted by Gasteiger charge is 2.17. The number of rotatable bonds is 5. The molecule has 0 bridgehead atoms. The second kappa shape index (κ2) is 7.37. The summed E-state index contributed by atoms with van der Waals surface area (Å²) < 4.78 is 17.6. The van der Waals surface area contributed by atoms with Crippen LogP contribution in [0.4, 0.5) is 0 Å². The number of aryl methyl sites for hydroxylation is 1. The maximum absolute atomic E-state index is 5.90. The zero-order chi connectivity index (χ0) is 16.2. The summed E-state index contributed by atoms with van der Waals surface area (Å²) in [4.78, 5) is 0. The first-order valence-corrected chi connectivity index (χ1v) is 8.61. The van der Waals surface area contributed by atoms with Crippen molar-refractivity contribution >= 4 is 15.9 Å². The molecular weight excluding hydrogens is 356 g/mol. The number of ether oxygens (including phenoxy) is 3. The van der Waals surface area contributed by atoms with Gasteiger partial charge in [0.25, 0.3) is 0 Å². The van der Waals surface area contributed by atoms with Crippen LogP contribution in [0.3, 0.4) is 0 Å². The molecule has 1 heterocycles. The second-order valence-corrected chi connectivity index (χ2v) is 6.69. The van der Waals surface area contributed by atoms with Crippen molar-refractivity contribution in [3.05, 3.63) is 57.6 Å². The Kier molecular flexibility index (Phi) is 5.23. The van der Waals surface area contributed by atoms with Crippen molar-refractivity contribution in [3.63, 3.8) is 0 Å². The summed E-state index contributed by atoms with van der Waals surface area (Å²) >= 11 is 3.56. The van der Waals surface area contributed by atoms with Gasteiger partial charge in [0.15, 0.2) is 0 Å². The molecule has 1 atom stereocenters. The molecule has 0 aromatic heterocycles. The third-order valence-electron chi connectivity index (χ3n) is 4.12. The molecule has 0 spiro atoms. The summed E-state index contributed by atoms with van der Waals surface area (Å²) in [5, 5.41) is 0. The molecule has 122 valence electrons. The fraction of sp³-hybridized carbons (Fsp3) is 0.368. The molecule has 1 aliphatic heterocycles. The van der Waals surface area contributed by atoms with Crippen LogP contribution in [0.2, 0.25) is 0 Å². The Labute approximate surface area is 145 Å². The van der Waals surface area contributed by atoms with Crippen LogP contribution < -0.4 is 9.47 Å². The lowest BCUT2D eigenvalue weighted by atomic mass is 10.0. The quantitative estimate of drug-likeness (QED) is 0.767. The lowest BCUT2D eigenvalue weighted by Gasteiger charge is -2.13. The number of hydrogen-bond donors (Lipinski definition) is 0. The van der Waals surface area contributed by atoms with Gasteiger partial charge >= 0.3 is 0 Å². The maximum Gasteiger partial charge on any atom is 0.133 e. The summed E-state index contributed by atoms with van der Waals surface area (Å²) in [6.07, 6.45) is 2.06. The van der Waals surface area contributed by atoms with Gasteiger partial charge in [-0.3, -0.25) is 0 Å². The number of halogens is 1. The molecule has 2 aromatic carbocycles. The molecule has 0 radical (unpaired) electrons. The van der Waals surface area contributed by atoms with Crippen LogP contribution in [0.1, 0.15) is 23.1 Å². The number of hydrogen-bond acceptors (Lipinski definition) is 3. The van der Waals surface area contributed by atoms with Crippen molar-refractivity contribution in [2.75, 3.05) is 20.3 Å². The highest BCUT2D eigenvalue weighted by Crippen LogP contribution is 2.29. The van der Waals surface area contributed by atoms with Crippen molar-refractivity contribution in [3.8, 4) is 11.5 Å². The Bertz CT molecular complexity index is 661. The van der Waals surface area contributed by atoms with E-state index in [1.807, 2.05) is 12.1 Å². The van der Waals surface area contributed by atoms with Crippen LogP contribution in [0.15, 0.2) is 40.9 Å². The van der Waals surface area contributed by atoms with Crippen molar-refractivity contribution in [2.24, 2.45) is 0 Å². The third kappa shape index (κ3) is 4.06. The molecule has 4 heteroatoms. The van der Waals surface area contributed by atoms with Crippen LogP contribution in [-0.4, -0.2) is 26.4 Å². The number of benzene rings is 2. The molecule has 3 nitrogen and oxygen atoms in total. The Morgan fingerprint density at radius 2 is 2.00 bits per heavy atom. The minimum Gasteiger partial charge on any atom is -0.496 e. The molecular formula is C19H21BrO3. The minimum atomic E-state index is 0.195. The third-order valence-corrected chi connectivity index (χ3v) is 4.74. The van der Waals surface area contributed by atoms with Crippen LogP contribution >= 0.6 is 15.9 Å². The van der Waals surface area contributed by atoms with E-state index in [0.717, 1.165) is 35.4 Å². The Morgan fingerprint density at radius 3 is 2.65 bits per heavy atom. The van der Waals surface area contributed by atoms with Gasteiger partial charge in [-0.1, -0.05) is 12.1 Å². The largest absolute Gasteiger partial charge is 0.496 e. The Morgan fingerprint density at radius 1 is 1.22 bits per heavy atom. The van der Waals surface area contributed by atoms with Crippen molar-refractivity contribution in [2.45, 2.75) is 25.9 Å². The lowest BCUT2D eigenvalue weighted by Crippen LogP contribution is -2.15. The normalized spacial score (nSPS) is 17.3. The van der Waals surface area contributed by atoms with Gasteiger partial charge in [0.05, 0.1) is 24.8 Å². The smallest absolute Gasteiger partial charge is 0.133 e. The van der Waals surface area contributed by atoms with E-state index < -0.39 is 0 Å². The van der Waals surface area contributed by atoms with Crippen LogP contribution in [0.25, 0.3) is 0 Å². The van der Waals surface area contributed by atoms with E-state index in [4.69, 9.17) is 14.2 Å². The number of methoxy groups -OCH3 is 1. The van der Waals surface area contributed by atoms with E-state index in [2.05, 4.69) is 47.1 Å². The highest BCUT2D eigenvalue weighted by atomic mass is 79.9. The topological polar surface area (TPSA) is 27.7 Å². The summed E-state index contributed by atoms with van der Waals surface area (Å²) in [7, 11) is 1.69. The minimum absolute atomic E-state index is 0.195. The van der Waals surface area contributed by atoms with E-state index >= 15 is 0 Å². The fourth-order valence-corrected chi connectivity index (χ4v) is 3.30. The highest BCUT2D eigenvalue weighted by molar-refractivity contribution is 9.10. The lowest BCUT2D eigenvalue weighted by molar-refractivity contribution is 0.141. The van der Waals surface area contributed by atoms with Crippen LogP contribution in [-0.2, 0) is 11.2 Å². The molecule has 0 unspecified atom stereocenters. The van der Waals surface area contributed by atoms with Crippen LogP contribution in [0, 0.1) is 6.92 Å². The zero-order valence-corrected chi connectivity index (χ0v) is 15.1. The SMILES string of the molecule is COc1cc(C)c(Cc2ccc(O[C@H]3CCOC3)cc2)cc1Br. The molecule has 23 heavy (non-hydrogen) atoms. The van der Waals surface area contributed by atoms with Crippen LogP contribution in [0.5, 0.6) is 11.5 Å². The first kappa shape index (κ1) is 16.3. The van der Waals surface area contributed by atoms with Gasteiger partial charge in [-0.05, 0) is 70.2 Å². The molecule has 1 saturated heterocycles. The van der Waals surface area contributed by atoms with Gasteiger partial charge in [-0.15, -0.1) is 0 Å². The van der Waals surface area contributed by atoms with Gasteiger partial charge < -0.3 is 14.2 Å². The fourth-order valence-electron chi connectivity index (χ4n) is 2.75. The summed E-state index contributed by atoms with van der Waals surface area (Å²) in [5.41, 5.74) is 3.78. The van der Waals surface area contributed by atoms with E-state index in [1.54, 1.807) is 7.11 Å². The first-order valence-electron chi connectivity index (χ1n) is 7.82. The molecule has 2 aromatic rings.